The van der Waals surface area contributed by atoms with Crippen LogP contribution in [0, 0.1) is 0 Å². The number of nitrogens with two attached hydrogens (primary N) is 1. The Balaban J connectivity index is 2.11. The standard InChI is InChI=1S/C12H12ClN3O2S/c13-8-1-2-10(17)7(3-8)4-9-6-19-12(15-9)16-11(18)5-14/h1-3,6,17H,4-5,14H2,(H,15,16,18). The second-order valence-electron chi connectivity index (χ2n) is 3.85. The van der Waals surface area contributed by atoms with E-state index in [0.29, 0.717) is 22.1 Å². The minimum atomic E-state index is -0.286. The van der Waals surface area contributed by atoms with E-state index >= 15 is 0 Å². The van der Waals surface area contributed by atoms with Gasteiger partial charge in [0.15, 0.2) is 5.13 Å². The molecule has 0 atom stereocenters. The van der Waals surface area contributed by atoms with Crippen molar-refractivity contribution in [1.82, 2.24) is 4.98 Å². The lowest BCUT2D eigenvalue weighted by Crippen LogP contribution is -2.21. The van der Waals surface area contributed by atoms with Crippen molar-refractivity contribution in [3.05, 3.63) is 39.9 Å². The molecular formula is C12H12ClN3O2S. The number of nitrogens with zero attached hydrogens (tertiary/aromatic N) is 1. The maximum absolute atomic E-state index is 11.1. The molecular weight excluding hydrogens is 286 g/mol. The van der Waals surface area contributed by atoms with E-state index in [0.717, 1.165) is 5.69 Å². The van der Waals surface area contributed by atoms with E-state index in [4.69, 9.17) is 17.3 Å². The molecule has 5 nitrogen and oxygen atoms in total. The van der Waals surface area contributed by atoms with Crippen molar-refractivity contribution in [2.24, 2.45) is 5.73 Å². The van der Waals surface area contributed by atoms with Gasteiger partial charge >= 0.3 is 0 Å². The number of carbonyl (C=O) groups excluding carboxylic acids is 1. The molecule has 0 fully saturated rings. The number of benzene rings is 1. The number of nitrogens with one attached hydrogen (secondary N) is 1. The highest BCUT2D eigenvalue weighted by Crippen LogP contribution is 2.25. The number of aromatic nitrogens is 1. The Kier molecular flexibility index (Phi) is 4.36. The highest BCUT2D eigenvalue weighted by atomic mass is 35.5. The van der Waals surface area contributed by atoms with Crippen LogP contribution in [-0.4, -0.2) is 22.5 Å². The van der Waals surface area contributed by atoms with Crippen LogP contribution < -0.4 is 11.1 Å². The van der Waals surface area contributed by atoms with Gasteiger partial charge < -0.3 is 16.2 Å². The lowest BCUT2D eigenvalue weighted by Gasteiger charge is -2.03. The van der Waals surface area contributed by atoms with E-state index in [1.807, 2.05) is 5.38 Å². The summed E-state index contributed by atoms with van der Waals surface area (Å²) in [6.07, 6.45) is 0.446. The van der Waals surface area contributed by atoms with Crippen LogP contribution in [-0.2, 0) is 11.2 Å². The molecule has 1 aromatic carbocycles. The summed E-state index contributed by atoms with van der Waals surface area (Å²) in [6.45, 7) is -0.0794. The zero-order valence-corrected chi connectivity index (χ0v) is 11.5. The number of thiazole rings is 1. The van der Waals surface area contributed by atoms with Crippen molar-refractivity contribution in [2.45, 2.75) is 6.42 Å². The molecule has 19 heavy (non-hydrogen) atoms. The number of halogens is 1. The van der Waals surface area contributed by atoms with Crippen LogP contribution in [0.15, 0.2) is 23.6 Å². The molecule has 0 bridgehead atoms. The lowest BCUT2D eigenvalue weighted by atomic mass is 10.1. The summed E-state index contributed by atoms with van der Waals surface area (Å²) in [5, 5.41) is 15.2. The number of aromatic hydroxyl groups is 1. The van der Waals surface area contributed by atoms with Crippen molar-refractivity contribution in [2.75, 3.05) is 11.9 Å². The quantitative estimate of drug-likeness (QED) is 0.805. The van der Waals surface area contributed by atoms with E-state index in [1.54, 1.807) is 18.2 Å². The number of rotatable bonds is 4. The third-order valence-electron chi connectivity index (χ3n) is 2.40. The number of phenols is 1. The van der Waals surface area contributed by atoms with Gasteiger partial charge in [-0.2, -0.15) is 0 Å². The molecule has 1 amide bonds. The number of hydrogen-bond acceptors (Lipinski definition) is 5. The Morgan fingerprint density at radius 3 is 3.05 bits per heavy atom. The minimum absolute atomic E-state index is 0.0794. The van der Waals surface area contributed by atoms with Gasteiger partial charge in [0.05, 0.1) is 12.2 Å². The fourth-order valence-electron chi connectivity index (χ4n) is 1.51. The number of hydrogen-bond donors (Lipinski definition) is 3. The van der Waals surface area contributed by atoms with E-state index in [1.165, 1.54) is 11.3 Å². The van der Waals surface area contributed by atoms with Gasteiger partial charge in [0, 0.05) is 22.4 Å². The molecule has 0 aliphatic heterocycles. The molecule has 0 radical (unpaired) electrons. The third-order valence-corrected chi connectivity index (χ3v) is 3.44. The number of anilines is 1. The first-order valence-electron chi connectivity index (χ1n) is 5.50. The Morgan fingerprint density at radius 2 is 2.32 bits per heavy atom. The summed E-state index contributed by atoms with van der Waals surface area (Å²) in [5.74, 6) is -0.114. The Hall–Kier alpha value is -1.63. The van der Waals surface area contributed by atoms with E-state index in [-0.39, 0.29) is 18.2 Å². The molecule has 7 heteroatoms. The zero-order valence-electron chi connectivity index (χ0n) is 9.89. The molecule has 0 unspecified atom stereocenters. The average Bonchev–Trinajstić information content (AvgIpc) is 2.81. The predicted octanol–water partition coefficient (Wildman–Crippen LogP) is 1.99. The molecule has 0 saturated heterocycles. The topological polar surface area (TPSA) is 88.2 Å². The Morgan fingerprint density at radius 1 is 1.53 bits per heavy atom. The largest absolute Gasteiger partial charge is 0.508 e. The molecule has 1 heterocycles. The highest BCUT2D eigenvalue weighted by molar-refractivity contribution is 7.13. The zero-order chi connectivity index (χ0) is 13.8. The van der Waals surface area contributed by atoms with Crippen LogP contribution in [0.4, 0.5) is 5.13 Å². The first-order valence-corrected chi connectivity index (χ1v) is 6.76. The van der Waals surface area contributed by atoms with Gasteiger partial charge in [0.25, 0.3) is 0 Å². The summed E-state index contributed by atoms with van der Waals surface area (Å²) >= 11 is 7.19. The average molecular weight is 298 g/mol. The second kappa shape index (κ2) is 6.01. The van der Waals surface area contributed by atoms with E-state index in [9.17, 15) is 9.90 Å². The fourth-order valence-corrected chi connectivity index (χ4v) is 2.43. The van der Waals surface area contributed by atoms with Crippen LogP contribution in [0.3, 0.4) is 0 Å². The smallest absolute Gasteiger partial charge is 0.239 e. The van der Waals surface area contributed by atoms with Gasteiger partial charge in [0.2, 0.25) is 5.91 Å². The fraction of sp³-hybridized carbons (Fsp3) is 0.167. The van der Waals surface area contributed by atoms with Crippen molar-refractivity contribution in [3.63, 3.8) is 0 Å². The molecule has 100 valence electrons. The number of carbonyl (C=O) groups is 1. The maximum Gasteiger partial charge on any atom is 0.239 e. The van der Waals surface area contributed by atoms with Gasteiger partial charge in [-0.05, 0) is 18.2 Å². The SMILES string of the molecule is NCC(=O)Nc1nc(Cc2cc(Cl)ccc2O)cs1. The maximum atomic E-state index is 11.1. The highest BCUT2D eigenvalue weighted by Gasteiger charge is 2.08. The predicted molar refractivity (Wildman–Crippen MR) is 75.7 cm³/mol. The molecule has 1 aromatic heterocycles. The van der Waals surface area contributed by atoms with Crippen LogP contribution in [0.1, 0.15) is 11.3 Å². The van der Waals surface area contributed by atoms with Crippen LogP contribution in [0.25, 0.3) is 0 Å². The van der Waals surface area contributed by atoms with Crippen molar-refractivity contribution in [3.8, 4) is 5.75 Å². The number of phenolic OH excluding ortho intramolecular Hbond substituents is 1. The summed E-state index contributed by atoms with van der Waals surface area (Å²) in [4.78, 5) is 15.4. The Labute approximate surface area is 119 Å². The van der Waals surface area contributed by atoms with Gasteiger partial charge in [-0.3, -0.25) is 4.79 Å². The van der Waals surface area contributed by atoms with Crippen molar-refractivity contribution in [1.29, 1.82) is 0 Å². The molecule has 0 aliphatic rings. The first kappa shape index (κ1) is 13.8. The van der Waals surface area contributed by atoms with Gasteiger partial charge in [0.1, 0.15) is 5.75 Å². The normalized spacial score (nSPS) is 10.4. The van der Waals surface area contributed by atoms with Gasteiger partial charge in [-0.15, -0.1) is 11.3 Å². The molecule has 2 rings (SSSR count). The van der Waals surface area contributed by atoms with Crippen molar-refractivity contribution >= 4 is 34.0 Å². The van der Waals surface area contributed by atoms with Crippen LogP contribution in [0.5, 0.6) is 5.75 Å². The Bertz CT molecular complexity index is 600. The summed E-state index contributed by atoms with van der Waals surface area (Å²) in [7, 11) is 0. The summed E-state index contributed by atoms with van der Waals surface area (Å²) in [6, 6.07) is 4.85. The summed E-state index contributed by atoms with van der Waals surface area (Å²) in [5.41, 5.74) is 6.64. The monoisotopic (exact) mass is 297 g/mol. The van der Waals surface area contributed by atoms with Gasteiger partial charge in [-0.1, -0.05) is 11.6 Å². The lowest BCUT2D eigenvalue weighted by molar-refractivity contribution is -0.114. The van der Waals surface area contributed by atoms with Crippen LogP contribution >= 0.6 is 22.9 Å². The van der Waals surface area contributed by atoms with E-state index < -0.39 is 0 Å². The number of amides is 1. The first-order chi connectivity index (χ1) is 9.08. The van der Waals surface area contributed by atoms with E-state index in [2.05, 4.69) is 10.3 Å². The van der Waals surface area contributed by atoms with Crippen LogP contribution in [0.2, 0.25) is 5.02 Å². The minimum Gasteiger partial charge on any atom is -0.508 e. The summed E-state index contributed by atoms with van der Waals surface area (Å²) < 4.78 is 0. The third kappa shape index (κ3) is 3.66. The molecule has 2 aromatic rings. The second-order valence-corrected chi connectivity index (χ2v) is 5.14. The molecule has 0 aliphatic carbocycles. The molecule has 0 spiro atoms. The molecule has 0 saturated carbocycles. The van der Waals surface area contributed by atoms with Gasteiger partial charge in [-0.25, -0.2) is 4.98 Å². The molecule has 4 N–H and O–H groups in total. The van der Waals surface area contributed by atoms with Crippen molar-refractivity contribution < 1.29 is 9.90 Å².